The van der Waals surface area contributed by atoms with Crippen molar-refractivity contribution < 1.29 is 9.90 Å². The van der Waals surface area contributed by atoms with E-state index in [0.717, 1.165) is 36.8 Å². The van der Waals surface area contributed by atoms with Crippen LogP contribution < -0.4 is 0 Å². The Bertz CT molecular complexity index is 550. The van der Waals surface area contributed by atoms with Gasteiger partial charge in [0.2, 0.25) is 0 Å². The van der Waals surface area contributed by atoms with Gasteiger partial charge in [0, 0.05) is 18.0 Å². The van der Waals surface area contributed by atoms with Gasteiger partial charge >= 0.3 is 0 Å². The lowest BCUT2D eigenvalue weighted by Crippen LogP contribution is -1.98. The first-order valence-electron chi connectivity index (χ1n) is 6.80. The molecule has 104 valence electrons. The molecule has 0 radical (unpaired) electrons. The number of pyridine rings is 2. The summed E-state index contributed by atoms with van der Waals surface area (Å²) in [4.78, 5) is 19.1. The second kappa shape index (κ2) is 6.91. The summed E-state index contributed by atoms with van der Waals surface area (Å²) in [6.07, 6.45) is 6.33. The van der Waals surface area contributed by atoms with E-state index < -0.39 is 6.10 Å². The Morgan fingerprint density at radius 3 is 2.35 bits per heavy atom. The van der Waals surface area contributed by atoms with Crippen molar-refractivity contribution >= 4 is 6.29 Å². The summed E-state index contributed by atoms with van der Waals surface area (Å²) in [7, 11) is 0. The molecule has 0 aliphatic heterocycles. The highest BCUT2D eigenvalue weighted by molar-refractivity contribution is 5.74. The van der Waals surface area contributed by atoms with E-state index in [1.807, 2.05) is 12.1 Å². The molecule has 0 fully saturated rings. The van der Waals surface area contributed by atoms with E-state index in [9.17, 15) is 9.90 Å². The molecule has 0 amide bonds. The number of aldehydes is 1. The third-order valence-corrected chi connectivity index (χ3v) is 3.19. The summed E-state index contributed by atoms with van der Waals surface area (Å²) in [5.41, 5.74) is 2.81. The van der Waals surface area contributed by atoms with E-state index in [4.69, 9.17) is 0 Å². The van der Waals surface area contributed by atoms with Crippen LogP contribution in [0.5, 0.6) is 0 Å². The van der Waals surface area contributed by atoms with Gasteiger partial charge in [0.15, 0.2) is 6.29 Å². The zero-order chi connectivity index (χ0) is 14.4. The maximum atomic E-state index is 10.6. The molecule has 4 heteroatoms. The van der Waals surface area contributed by atoms with E-state index in [0.29, 0.717) is 11.3 Å². The van der Waals surface area contributed by atoms with Crippen LogP contribution in [-0.4, -0.2) is 21.4 Å². The van der Waals surface area contributed by atoms with Crippen LogP contribution in [0.3, 0.4) is 0 Å². The summed E-state index contributed by atoms with van der Waals surface area (Å²) in [6, 6.07) is 7.19. The highest BCUT2D eigenvalue weighted by Crippen LogP contribution is 2.21. The highest BCUT2D eigenvalue weighted by atomic mass is 16.3. The molecule has 2 aromatic heterocycles. The van der Waals surface area contributed by atoms with Crippen LogP contribution >= 0.6 is 0 Å². The van der Waals surface area contributed by atoms with Crippen molar-refractivity contribution in [1.82, 2.24) is 9.97 Å². The summed E-state index contributed by atoms with van der Waals surface area (Å²) in [5.74, 6) is 0. The Labute approximate surface area is 118 Å². The maximum absolute atomic E-state index is 10.6. The van der Waals surface area contributed by atoms with Gasteiger partial charge in [-0.1, -0.05) is 25.8 Å². The lowest BCUT2D eigenvalue weighted by molar-refractivity contribution is 0.112. The van der Waals surface area contributed by atoms with Crippen molar-refractivity contribution in [3.8, 4) is 11.4 Å². The second-order valence-corrected chi connectivity index (χ2v) is 4.73. The van der Waals surface area contributed by atoms with Crippen LogP contribution in [0.2, 0.25) is 0 Å². The van der Waals surface area contributed by atoms with Gasteiger partial charge in [0.05, 0.1) is 17.5 Å². The molecule has 2 aromatic rings. The first kappa shape index (κ1) is 14.3. The predicted molar refractivity (Wildman–Crippen MR) is 77.3 cm³/mol. The third kappa shape index (κ3) is 3.48. The quantitative estimate of drug-likeness (QED) is 0.819. The van der Waals surface area contributed by atoms with Gasteiger partial charge in [-0.15, -0.1) is 0 Å². The Kier molecular flexibility index (Phi) is 4.96. The van der Waals surface area contributed by atoms with Gasteiger partial charge in [-0.25, -0.2) is 0 Å². The fourth-order valence-corrected chi connectivity index (χ4v) is 1.94. The normalized spacial score (nSPS) is 12.1. The molecule has 0 aliphatic rings. The molecule has 0 saturated heterocycles. The van der Waals surface area contributed by atoms with Crippen LogP contribution in [0.1, 0.15) is 48.2 Å². The summed E-state index contributed by atoms with van der Waals surface area (Å²) in [5, 5.41) is 9.99. The van der Waals surface area contributed by atoms with Crippen LogP contribution in [0, 0.1) is 0 Å². The molecular weight excluding hydrogens is 252 g/mol. The van der Waals surface area contributed by atoms with Gasteiger partial charge in [-0.05, 0) is 30.2 Å². The zero-order valence-electron chi connectivity index (χ0n) is 11.5. The topological polar surface area (TPSA) is 63.1 Å². The smallest absolute Gasteiger partial charge is 0.151 e. The lowest BCUT2D eigenvalue weighted by Gasteiger charge is -2.10. The van der Waals surface area contributed by atoms with E-state index in [-0.39, 0.29) is 0 Å². The minimum atomic E-state index is -0.457. The summed E-state index contributed by atoms with van der Waals surface area (Å²) < 4.78 is 0. The monoisotopic (exact) mass is 270 g/mol. The number of aliphatic hydroxyl groups is 1. The first-order valence-corrected chi connectivity index (χ1v) is 6.80. The van der Waals surface area contributed by atoms with Gasteiger partial charge < -0.3 is 5.11 Å². The predicted octanol–water partition coefficient (Wildman–Crippen LogP) is 3.18. The lowest BCUT2D eigenvalue weighted by atomic mass is 10.1. The molecule has 20 heavy (non-hydrogen) atoms. The van der Waals surface area contributed by atoms with Gasteiger partial charge in [-0.3, -0.25) is 14.8 Å². The van der Waals surface area contributed by atoms with Gasteiger partial charge in [0.25, 0.3) is 0 Å². The highest BCUT2D eigenvalue weighted by Gasteiger charge is 2.08. The summed E-state index contributed by atoms with van der Waals surface area (Å²) >= 11 is 0. The van der Waals surface area contributed by atoms with Crippen molar-refractivity contribution in [2.24, 2.45) is 0 Å². The molecule has 1 unspecified atom stereocenters. The van der Waals surface area contributed by atoms with Crippen molar-refractivity contribution in [2.75, 3.05) is 0 Å². The molecule has 1 atom stereocenters. The Hall–Kier alpha value is -2.07. The molecule has 2 rings (SSSR count). The number of hydrogen-bond donors (Lipinski definition) is 1. The number of unbranched alkanes of at least 4 members (excludes halogenated alkanes) is 1. The number of carbonyl (C=O) groups excluding carboxylic acids is 1. The largest absolute Gasteiger partial charge is 0.388 e. The van der Waals surface area contributed by atoms with Gasteiger partial charge in [-0.2, -0.15) is 0 Å². The molecule has 1 N–H and O–H groups in total. The van der Waals surface area contributed by atoms with Gasteiger partial charge in [0.1, 0.15) is 0 Å². The first-order chi connectivity index (χ1) is 9.74. The number of aliphatic hydroxyl groups excluding tert-OH is 1. The second-order valence-electron chi connectivity index (χ2n) is 4.73. The van der Waals surface area contributed by atoms with E-state index in [1.54, 1.807) is 18.3 Å². The number of rotatable bonds is 6. The van der Waals surface area contributed by atoms with Crippen LogP contribution in [0.4, 0.5) is 0 Å². The van der Waals surface area contributed by atoms with Crippen molar-refractivity contribution in [3.05, 3.63) is 47.8 Å². The fourth-order valence-electron chi connectivity index (χ4n) is 1.94. The Morgan fingerprint density at radius 1 is 1.15 bits per heavy atom. The van der Waals surface area contributed by atoms with Crippen molar-refractivity contribution in [3.63, 3.8) is 0 Å². The zero-order valence-corrected chi connectivity index (χ0v) is 11.5. The Balaban J connectivity index is 2.12. The molecule has 2 heterocycles. The van der Waals surface area contributed by atoms with Crippen LogP contribution in [0.25, 0.3) is 11.4 Å². The van der Waals surface area contributed by atoms with E-state index in [2.05, 4.69) is 16.9 Å². The average molecular weight is 270 g/mol. The SMILES string of the molecule is CCCCC(O)c1ccc(-c2ccc(C=O)cn2)nc1. The third-order valence-electron chi connectivity index (χ3n) is 3.19. The summed E-state index contributed by atoms with van der Waals surface area (Å²) in [6.45, 7) is 2.10. The molecule has 0 aliphatic carbocycles. The minimum Gasteiger partial charge on any atom is -0.388 e. The average Bonchev–Trinajstić information content (AvgIpc) is 2.53. The van der Waals surface area contributed by atoms with Crippen LogP contribution in [-0.2, 0) is 0 Å². The number of aromatic nitrogens is 2. The maximum Gasteiger partial charge on any atom is 0.151 e. The van der Waals surface area contributed by atoms with Crippen molar-refractivity contribution in [2.45, 2.75) is 32.3 Å². The van der Waals surface area contributed by atoms with E-state index >= 15 is 0 Å². The molecule has 0 bridgehead atoms. The molecule has 0 spiro atoms. The molecule has 4 nitrogen and oxygen atoms in total. The standard InChI is InChI=1S/C16H18N2O2/c1-2-3-4-16(20)13-6-8-15(18-10-13)14-7-5-12(11-19)9-17-14/h5-11,16,20H,2-4H2,1H3. The molecular formula is C16H18N2O2. The number of carbonyl (C=O) groups is 1. The van der Waals surface area contributed by atoms with E-state index in [1.165, 1.54) is 6.20 Å². The molecule has 0 aromatic carbocycles. The molecule has 0 saturated carbocycles. The Morgan fingerprint density at radius 2 is 1.85 bits per heavy atom. The minimum absolute atomic E-state index is 0.457. The number of nitrogens with zero attached hydrogens (tertiary/aromatic N) is 2. The van der Waals surface area contributed by atoms with Crippen molar-refractivity contribution in [1.29, 1.82) is 0 Å². The van der Waals surface area contributed by atoms with Crippen LogP contribution in [0.15, 0.2) is 36.7 Å². The number of hydrogen-bond acceptors (Lipinski definition) is 4. The fraction of sp³-hybridized carbons (Fsp3) is 0.312.